The summed E-state index contributed by atoms with van der Waals surface area (Å²) in [4.78, 5) is 12.5. The molecule has 1 amide bonds. The summed E-state index contributed by atoms with van der Waals surface area (Å²) in [6.07, 6.45) is 1.56. The number of carbonyl (C=O) groups is 1. The number of rotatable bonds is 3. The Morgan fingerprint density at radius 2 is 2.04 bits per heavy atom. The number of aromatic nitrogens is 2. The summed E-state index contributed by atoms with van der Waals surface area (Å²) in [6, 6.07) is 15.5. The van der Waals surface area contributed by atoms with Gasteiger partial charge in [-0.05, 0) is 42.7 Å². The van der Waals surface area contributed by atoms with Crippen LogP contribution in [0.5, 0.6) is 0 Å². The van der Waals surface area contributed by atoms with E-state index in [4.69, 9.17) is 4.42 Å². The van der Waals surface area contributed by atoms with Crippen molar-refractivity contribution in [2.24, 2.45) is 0 Å². The van der Waals surface area contributed by atoms with Crippen molar-refractivity contribution >= 4 is 39.3 Å². The predicted octanol–water partition coefficient (Wildman–Crippen LogP) is 4.54. The topological polar surface area (TPSA) is 68.0 Å². The van der Waals surface area contributed by atoms with Crippen molar-refractivity contribution in [2.75, 3.05) is 5.32 Å². The molecule has 5 nitrogen and oxygen atoms in total. The molecule has 0 saturated heterocycles. The van der Waals surface area contributed by atoms with E-state index in [1.54, 1.807) is 0 Å². The molecule has 4 rings (SSSR count). The van der Waals surface area contributed by atoms with E-state index in [-0.39, 0.29) is 11.2 Å². The summed E-state index contributed by atoms with van der Waals surface area (Å²) < 4.78 is 6.68. The van der Waals surface area contributed by atoms with E-state index in [0.717, 1.165) is 34.1 Å². The van der Waals surface area contributed by atoms with Crippen LogP contribution in [-0.4, -0.2) is 21.4 Å². The lowest BCUT2D eigenvalue weighted by molar-refractivity contribution is -0.115. The van der Waals surface area contributed by atoms with Gasteiger partial charge in [-0.3, -0.25) is 4.79 Å². The minimum Gasteiger partial charge on any atom is -0.411 e. The Morgan fingerprint density at radius 3 is 2.92 bits per heavy atom. The monoisotopic (exact) mass is 415 g/mol. The quantitative estimate of drug-likeness (QED) is 0.679. The average Bonchev–Trinajstić information content (AvgIpc) is 3.02. The van der Waals surface area contributed by atoms with Gasteiger partial charge in [0.1, 0.15) is 0 Å². The summed E-state index contributed by atoms with van der Waals surface area (Å²) in [5.41, 5.74) is 2.88. The van der Waals surface area contributed by atoms with Gasteiger partial charge in [-0.25, -0.2) is 0 Å². The number of hydrogen-bond donors (Lipinski definition) is 1. The Labute approximate surface area is 157 Å². The molecule has 25 heavy (non-hydrogen) atoms. The van der Waals surface area contributed by atoms with Gasteiger partial charge in [0, 0.05) is 15.7 Å². The normalized spacial score (nSPS) is 16.8. The van der Waals surface area contributed by atoms with Crippen molar-refractivity contribution in [3.05, 3.63) is 58.6 Å². The molecule has 2 heterocycles. The molecule has 0 radical (unpaired) electrons. The molecule has 0 unspecified atom stereocenters. The van der Waals surface area contributed by atoms with Gasteiger partial charge in [0.25, 0.3) is 5.22 Å². The molecule has 1 atom stereocenters. The fourth-order valence-corrected chi connectivity index (χ4v) is 3.98. The van der Waals surface area contributed by atoms with Crippen LogP contribution < -0.4 is 5.32 Å². The van der Waals surface area contributed by atoms with Gasteiger partial charge in [0.2, 0.25) is 11.8 Å². The van der Waals surface area contributed by atoms with Crippen molar-refractivity contribution in [2.45, 2.75) is 23.3 Å². The third-order valence-electron chi connectivity index (χ3n) is 3.96. The van der Waals surface area contributed by atoms with Crippen LogP contribution in [0.1, 0.15) is 12.0 Å². The molecule has 1 aliphatic rings. The SMILES string of the molecule is O=C1Nc2ccccc2CC[C@H]1Sc1nnc(-c2cccc(Br)c2)o1. The van der Waals surface area contributed by atoms with Crippen molar-refractivity contribution in [1.29, 1.82) is 0 Å². The van der Waals surface area contributed by atoms with E-state index in [9.17, 15) is 4.79 Å². The lowest BCUT2D eigenvalue weighted by Gasteiger charge is -2.09. The zero-order valence-electron chi connectivity index (χ0n) is 13.1. The van der Waals surface area contributed by atoms with Crippen LogP contribution >= 0.6 is 27.7 Å². The number of carbonyl (C=O) groups excluding carboxylic acids is 1. The third kappa shape index (κ3) is 3.62. The van der Waals surface area contributed by atoms with Crippen molar-refractivity contribution < 1.29 is 9.21 Å². The smallest absolute Gasteiger partial charge is 0.277 e. The molecule has 2 aromatic carbocycles. The highest BCUT2D eigenvalue weighted by Gasteiger charge is 2.26. The molecule has 1 aliphatic heterocycles. The van der Waals surface area contributed by atoms with Crippen LogP contribution in [0.15, 0.2) is 62.6 Å². The second-order valence-electron chi connectivity index (χ2n) is 5.68. The lowest BCUT2D eigenvalue weighted by atomic mass is 10.1. The maximum atomic E-state index is 12.5. The molecule has 0 spiro atoms. The van der Waals surface area contributed by atoms with Crippen LogP contribution in [0, 0.1) is 0 Å². The largest absolute Gasteiger partial charge is 0.411 e. The molecule has 1 aromatic heterocycles. The predicted molar refractivity (Wildman–Crippen MR) is 100 cm³/mol. The number of fused-ring (bicyclic) bond motifs is 1. The van der Waals surface area contributed by atoms with Gasteiger partial charge in [-0.1, -0.05) is 52.0 Å². The zero-order chi connectivity index (χ0) is 17.2. The minimum absolute atomic E-state index is 0.0304. The third-order valence-corrected chi connectivity index (χ3v) is 5.56. The molecule has 7 heteroatoms. The van der Waals surface area contributed by atoms with E-state index >= 15 is 0 Å². The fourth-order valence-electron chi connectivity index (χ4n) is 2.72. The fraction of sp³-hybridized carbons (Fsp3) is 0.167. The first-order valence-electron chi connectivity index (χ1n) is 7.84. The summed E-state index contributed by atoms with van der Waals surface area (Å²) in [5, 5.41) is 11.3. The summed E-state index contributed by atoms with van der Waals surface area (Å²) in [7, 11) is 0. The van der Waals surface area contributed by atoms with Crippen molar-refractivity contribution in [1.82, 2.24) is 10.2 Å². The maximum Gasteiger partial charge on any atom is 0.277 e. The van der Waals surface area contributed by atoms with E-state index in [0.29, 0.717) is 11.1 Å². The first kappa shape index (κ1) is 16.4. The molecular weight excluding hydrogens is 402 g/mol. The summed E-state index contributed by atoms with van der Waals surface area (Å²) in [5.74, 6) is 0.415. The lowest BCUT2D eigenvalue weighted by Crippen LogP contribution is -2.23. The van der Waals surface area contributed by atoms with Gasteiger partial charge in [-0.2, -0.15) is 0 Å². The van der Waals surface area contributed by atoms with E-state index < -0.39 is 0 Å². The number of para-hydroxylation sites is 1. The minimum atomic E-state index is -0.261. The zero-order valence-corrected chi connectivity index (χ0v) is 15.5. The highest BCUT2D eigenvalue weighted by molar-refractivity contribution is 9.10. The molecule has 0 bridgehead atoms. The second kappa shape index (κ2) is 7.01. The molecule has 1 N–H and O–H groups in total. The van der Waals surface area contributed by atoms with E-state index in [2.05, 4.69) is 31.4 Å². The second-order valence-corrected chi connectivity index (χ2v) is 7.74. The van der Waals surface area contributed by atoms with Gasteiger partial charge in [0.05, 0.1) is 5.25 Å². The van der Waals surface area contributed by atoms with Crippen LogP contribution in [0.2, 0.25) is 0 Å². The standard InChI is InChI=1S/C18H14BrN3O2S/c19-13-6-3-5-12(10-13)17-21-22-18(24-17)25-15-9-8-11-4-1-2-7-14(11)20-16(15)23/h1-7,10,15H,8-9H2,(H,20,23)/t15-/m1/s1. The van der Waals surface area contributed by atoms with Gasteiger partial charge in [-0.15, -0.1) is 10.2 Å². The van der Waals surface area contributed by atoms with Crippen LogP contribution in [0.3, 0.4) is 0 Å². The Kier molecular flexibility index (Phi) is 4.59. The van der Waals surface area contributed by atoms with Crippen LogP contribution in [-0.2, 0) is 11.2 Å². The number of thioether (sulfide) groups is 1. The number of nitrogens with one attached hydrogen (secondary N) is 1. The number of hydrogen-bond acceptors (Lipinski definition) is 5. The van der Waals surface area contributed by atoms with Crippen molar-refractivity contribution in [3.63, 3.8) is 0 Å². The van der Waals surface area contributed by atoms with Gasteiger partial charge in [0.15, 0.2) is 0 Å². The van der Waals surface area contributed by atoms with Crippen LogP contribution in [0.4, 0.5) is 5.69 Å². The molecule has 0 saturated carbocycles. The average molecular weight is 416 g/mol. The van der Waals surface area contributed by atoms with E-state index in [1.165, 1.54) is 11.8 Å². The first-order chi connectivity index (χ1) is 12.2. The Morgan fingerprint density at radius 1 is 1.16 bits per heavy atom. The summed E-state index contributed by atoms with van der Waals surface area (Å²) in [6.45, 7) is 0. The number of nitrogens with zero attached hydrogens (tertiary/aromatic N) is 2. The van der Waals surface area contributed by atoms with Crippen LogP contribution in [0.25, 0.3) is 11.5 Å². The molecule has 126 valence electrons. The summed E-state index contributed by atoms with van der Waals surface area (Å²) >= 11 is 4.74. The van der Waals surface area contributed by atoms with Gasteiger partial charge < -0.3 is 9.73 Å². The number of aryl methyl sites for hydroxylation is 1. The van der Waals surface area contributed by atoms with E-state index in [1.807, 2.05) is 48.5 Å². The molecule has 0 fully saturated rings. The number of benzene rings is 2. The highest BCUT2D eigenvalue weighted by atomic mass is 79.9. The van der Waals surface area contributed by atoms with Gasteiger partial charge >= 0.3 is 0 Å². The van der Waals surface area contributed by atoms with Crippen molar-refractivity contribution in [3.8, 4) is 11.5 Å². The Balaban J connectivity index is 1.50. The first-order valence-corrected chi connectivity index (χ1v) is 9.51. The molecule has 0 aliphatic carbocycles. The highest BCUT2D eigenvalue weighted by Crippen LogP contribution is 2.32. The Hall–Kier alpha value is -2.12. The number of halogens is 1. The molecule has 3 aromatic rings. The maximum absolute atomic E-state index is 12.5. The Bertz CT molecular complexity index is 928. The number of anilines is 1. The number of amides is 1. The molecular formula is C18H14BrN3O2S.